The monoisotopic (exact) mass is 340 g/mol. The highest BCUT2D eigenvalue weighted by Gasteiger charge is 2.27. The van der Waals surface area contributed by atoms with Crippen LogP contribution >= 0.6 is 15.9 Å². The summed E-state index contributed by atoms with van der Waals surface area (Å²) in [6.07, 6.45) is 1.76. The van der Waals surface area contributed by atoms with Crippen LogP contribution in [0, 0.1) is 12.7 Å². The zero-order valence-electron chi connectivity index (χ0n) is 11.8. The molecule has 2 heterocycles. The summed E-state index contributed by atoms with van der Waals surface area (Å²) in [5.41, 5.74) is 8.31. The van der Waals surface area contributed by atoms with Crippen molar-refractivity contribution in [1.29, 1.82) is 0 Å². The van der Waals surface area contributed by atoms with Crippen LogP contribution in [0.1, 0.15) is 30.9 Å². The van der Waals surface area contributed by atoms with Crippen molar-refractivity contribution >= 4 is 15.9 Å². The first-order valence-electron chi connectivity index (χ1n) is 6.48. The topological polar surface area (TPSA) is 56.7 Å². The van der Waals surface area contributed by atoms with Crippen LogP contribution in [-0.2, 0) is 18.5 Å². The third-order valence-corrected chi connectivity index (χ3v) is 4.33. The van der Waals surface area contributed by atoms with Crippen LogP contribution in [0.15, 0.2) is 22.8 Å². The molecule has 20 heavy (non-hydrogen) atoms. The van der Waals surface area contributed by atoms with Crippen LogP contribution in [0.25, 0.3) is 0 Å². The van der Waals surface area contributed by atoms with Gasteiger partial charge in [-0.15, -0.1) is 0 Å². The molecule has 0 aliphatic carbocycles. The molecule has 0 spiro atoms. The Morgan fingerprint density at radius 1 is 1.45 bits per heavy atom. The maximum absolute atomic E-state index is 13.0. The third-order valence-electron chi connectivity index (χ3n) is 3.30. The third kappa shape index (κ3) is 2.91. The van der Waals surface area contributed by atoms with Gasteiger partial charge in [-0.3, -0.25) is 9.67 Å². The first-order valence-corrected chi connectivity index (χ1v) is 7.27. The Balaban J connectivity index is 2.35. The van der Waals surface area contributed by atoms with E-state index in [1.54, 1.807) is 6.07 Å². The van der Waals surface area contributed by atoms with Gasteiger partial charge in [0, 0.05) is 13.0 Å². The Bertz CT molecular complexity index is 604. The van der Waals surface area contributed by atoms with Gasteiger partial charge in [-0.05, 0) is 48.8 Å². The number of hydrogen-bond donors (Lipinski definition) is 1. The molecule has 6 heteroatoms. The summed E-state index contributed by atoms with van der Waals surface area (Å²) in [6, 6.07) is 3.01. The van der Waals surface area contributed by atoms with Crippen molar-refractivity contribution in [2.45, 2.75) is 39.3 Å². The van der Waals surface area contributed by atoms with Gasteiger partial charge < -0.3 is 5.73 Å². The lowest BCUT2D eigenvalue weighted by atomic mass is 9.92. The normalized spacial score (nSPS) is 14.3. The van der Waals surface area contributed by atoms with E-state index in [9.17, 15) is 4.39 Å². The van der Waals surface area contributed by atoms with Gasteiger partial charge in [0.15, 0.2) is 0 Å². The minimum atomic E-state index is -0.685. The number of nitrogens with zero attached hydrogens (tertiary/aromatic N) is 3. The fourth-order valence-corrected chi connectivity index (χ4v) is 2.61. The number of rotatable bonds is 4. The predicted octanol–water partition coefficient (Wildman–Crippen LogP) is 2.92. The molecule has 2 N–H and O–H groups in total. The molecule has 0 bridgehead atoms. The summed E-state index contributed by atoms with van der Waals surface area (Å²) in [6.45, 7) is 6.65. The molecule has 2 aromatic heterocycles. The van der Waals surface area contributed by atoms with E-state index in [0.717, 1.165) is 22.4 Å². The van der Waals surface area contributed by atoms with Gasteiger partial charge in [0.2, 0.25) is 0 Å². The SMILES string of the molecule is CCn1nc(C)c(Br)c1CC(C)(N)c1ccc(F)cn1. The van der Waals surface area contributed by atoms with E-state index >= 15 is 0 Å². The molecule has 0 radical (unpaired) electrons. The maximum atomic E-state index is 13.0. The number of aromatic nitrogens is 3. The zero-order valence-corrected chi connectivity index (χ0v) is 13.4. The van der Waals surface area contributed by atoms with Crippen LogP contribution < -0.4 is 5.73 Å². The van der Waals surface area contributed by atoms with Crippen molar-refractivity contribution in [3.05, 3.63) is 45.7 Å². The van der Waals surface area contributed by atoms with Crippen LogP contribution in [0.3, 0.4) is 0 Å². The summed E-state index contributed by atoms with van der Waals surface area (Å²) < 4.78 is 15.9. The quantitative estimate of drug-likeness (QED) is 0.930. The standard InChI is InChI=1S/C14H18BrFN4/c1-4-20-11(13(15)9(2)19-20)7-14(3,17)12-6-5-10(16)8-18-12/h5-6,8H,4,7,17H2,1-3H3. The van der Waals surface area contributed by atoms with Crippen molar-refractivity contribution in [2.75, 3.05) is 0 Å². The second kappa shape index (κ2) is 5.61. The highest BCUT2D eigenvalue weighted by Crippen LogP contribution is 2.28. The minimum absolute atomic E-state index is 0.361. The molecule has 1 unspecified atom stereocenters. The molecule has 0 aliphatic rings. The largest absolute Gasteiger partial charge is 0.320 e. The zero-order chi connectivity index (χ0) is 14.9. The maximum Gasteiger partial charge on any atom is 0.141 e. The van der Waals surface area contributed by atoms with Crippen molar-refractivity contribution in [3.8, 4) is 0 Å². The second-order valence-electron chi connectivity index (χ2n) is 5.12. The molecule has 0 aliphatic heterocycles. The van der Waals surface area contributed by atoms with Crippen LogP contribution in [0.5, 0.6) is 0 Å². The Hall–Kier alpha value is -1.27. The van der Waals surface area contributed by atoms with E-state index in [1.807, 2.05) is 25.5 Å². The van der Waals surface area contributed by atoms with Crippen molar-refractivity contribution < 1.29 is 4.39 Å². The molecule has 0 fully saturated rings. The molecule has 0 saturated heterocycles. The van der Waals surface area contributed by atoms with E-state index in [0.29, 0.717) is 12.1 Å². The van der Waals surface area contributed by atoms with Gasteiger partial charge in [0.25, 0.3) is 0 Å². The Morgan fingerprint density at radius 2 is 2.15 bits per heavy atom. The molecule has 0 aromatic carbocycles. The van der Waals surface area contributed by atoms with Gasteiger partial charge in [0.05, 0.1) is 33.3 Å². The summed E-state index contributed by atoms with van der Waals surface area (Å²) >= 11 is 3.56. The fraction of sp³-hybridized carbons (Fsp3) is 0.429. The Labute approximate surface area is 126 Å². The van der Waals surface area contributed by atoms with E-state index < -0.39 is 5.54 Å². The van der Waals surface area contributed by atoms with Crippen molar-refractivity contribution in [1.82, 2.24) is 14.8 Å². The lowest BCUT2D eigenvalue weighted by molar-refractivity contribution is 0.448. The van der Waals surface area contributed by atoms with Crippen LogP contribution in [-0.4, -0.2) is 14.8 Å². The molecule has 2 aromatic rings. The van der Waals surface area contributed by atoms with Gasteiger partial charge in [-0.1, -0.05) is 0 Å². The van der Waals surface area contributed by atoms with Gasteiger partial charge >= 0.3 is 0 Å². The number of nitrogens with two attached hydrogens (primary N) is 1. The van der Waals surface area contributed by atoms with Gasteiger partial charge in [-0.2, -0.15) is 5.10 Å². The summed E-state index contributed by atoms with van der Waals surface area (Å²) in [7, 11) is 0. The average molecular weight is 341 g/mol. The van der Waals surface area contributed by atoms with Gasteiger partial charge in [-0.25, -0.2) is 4.39 Å². The number of aryl methyl sites for hydroxylation is 2. The highest BCUT2D eigenvalue weighted by molar-refractivity contribution is 9.10. The molecular formula is C14H18BrFN4. The fourth-order valence-electron chi connectivity index (χ4n) is 2.19. The number of pyridine rings is 1. The van der Waals surface area contributed by atoms with E-state index in [4.69, 9.17) is 5.73 Å². The van der Waals surface area contributed by atoms with Gasteiger partial charge in [0.1, 0.15) is 5.82 Å². The second-order valence-corrected chi connectivity index (χ2v) is 5.91. The summed E-state index contributed by atoms with van der Waals surface area (Å²) in [5, 5.41) is 4.45. The number of halogens is 2. The average Bonchev–Trinajstić information content (AvgIpc) is 2.66. The molecular weight excluding hydrogens is 323 g/mol. The molecule has 0 saturated carbocycles. The lowest BCUT2D eigenvalue weighted by Gasteiger charge is -2.24. The molecule has 0 amide bonds. The van der Waals surface area contributed by atoms with E-state index in [2.05, 4.69) is 26.0 Å². The minimum Gasteiger partial charge on any atom is -0.320 e. The summed E-state index contributed by atoms with van der Waals surface area (Å²) in [5.74, 6) is -0.361. The Morgan fingerprint density at radius 3 is 2.70 bits per heavy atom. The van der Waals surface area contributed by atoms with Crippen LogP contribution in [0.4, 0.5) is 4.39 Å². The van der Waals surface area contributed by atoms with E-state index in [1.165, 1.54) is 12.3 Å². The predicted molar refractivity (Wildman–Crippen MR) is 79.8 cm³/mol. The highest BCUT2D eigenvalue weighted by atomic mass is 79.9. The molecule has 108 valence electrons. The first-order chi connectivity index (χ1) is 9.35. The first kappa shape index (κ1) is 15.1. The smallest absolute Gasteiger partial charge is 0.141 e. The van der Waals surface area contributed by atoms with Crippen molar-refractivity contribution in [2.24, 2.45) is 5.73 Å². The summed E-state index contributed by atoms with van der Waals surface area (Å²) in [4.78, 5) is 4.09. The molecule has 4 nitrogen and oxygen atoms in total. The van der Waals surface area contributed by atoms with Crippen molar-refractivity contribution in [3.63, 3.8) is 0 Å². The lowest BCUT2D eigenvalue weighted by Crippen LogP contribution is -2.37. The van der Waals surface area contributed by atoms with E-state index in [-0.39, 0.29) is 5.82 Å². The number of hydrogen-bond acceptors (Lipinski definition) is 3. The Kier molecular flexibility index (Phi) is 4.25. The molecule has 1 atom stereocenters. The van der Waals surface area contributed by atoms with Crippen LogP contribution in [0.2, 0.25) is 0 Å². The molecule has 2 rings (SSSR count).